The van der Waals surface area contributed by atoms with Crippen LogP contribution in [0.1, 0.15) is 5.56 Å². The van der Waals surface area contributed by atoms with E-state index in [1.807, 2.05) is 43.3 Å². The highest BCUT2D eigenvalue weighted by atomic mass is 16.5. The molecule has 0 spiro atoms. The van der Waals surface area contributed by atoms with Crippen LogP contribution >= 0.6 is 0 Å². The normalized spacial score (nSPS) is 9.93. The maximum atomic E-state index is 5.62. The molecule has 0 aliphatic heterocycles. The molecular formula is C12H12N2O. The Morgan fingerprint density at radius 3 is 2.53 bits per heavy atom. The monoisotopic (exact) mass is 200 g/mol. The Morgan fingerprint density at radius 2 is 1.87 bits per heavy atom. The van der Waals surface area contributed by atoms with E-state index in [1.165, 1.54) is 0 Å². The maximum Gasteiger partial charge on any atom is 0.146 e. The highest BCUT2D eigenvalue weighted by molar-refractivity contribution is 5.43. The summed E-state index contributed by atoms with van der Waals surface area (Å²) in [6.45, 7) is 1.90. The van der Waals surface area contributed by atoms with Gasteiger partial charge in [-0.25, -0.2) is 4.98 Å². The van der Waals surface area contributed by atoms with E-state index in [0.717, 1.165) is 11.3 Å². The molecular weight excluding hydrogens is 188 g/mol. The summed E-state index contributed by atoms with van der Waals surface area (Å²) in [6.07, 6.45) is 1.62. The Bertz CT molecular complexity index is 454. The second-order valence-electron chi connectivity index (χ2n) is 3.29. The zero-order valence-electron chi connectivity index (χ0n) is 8.47. The van der Waals surface area contributed by atoms with Crippen molar-refractivity contribution >= 4 is 5.82 Å². The van der Waals surface area contributed by atoms with Crippen LogP contribution < -0.4 is 10.5 Å². The lowest BCUT2D eigenvalue weighted by Gasteiger charge is -2.06. The van der Waals surface area contributed by atoms with Crippen molar-refractivity contribution in [3.05, 3.63) is 48.2 Å². The van der Waals surface area contributed by atoms with Gasteiger partial charge in [-0.3, -0.25) is 0 Å². The molecule has 0 fully saturated rings. The molecule has 2 rings (SSSR count). The fourth-order valence-electron chi connectivity index (χ4n) is 1.24. The van der Waals surface area contributed by atoms with Crippen LogP contribution in [0.25, 0.3) is 0 Å². The Labute approximate surface area is 88.5 Å². The van der Waals surface area contributed by atoms with E-state index in [9.17, 15) is 0 Å². The van der Waals surface area contributed by atoms with Gasteiger partial charge < -0.3 is 10.5 Å². The molecule has 0 unspecified atom stereocenters. The van der Waals surface area contributed by atoms with Gasteiger partial charge in [-0.1, -0.05) is 18.2 Å². The number of ether oxygens (including phenoxy) is 1. The van der Waals surface area contributed by atoms with Crippen molar-refractivity contribution in [2.75, 3.05) is 5.73 Å². The molecule has 15 heavy (non-hydrogen) atoms. The second-order valence-corrected chi connectivity index (χ2v) is 3.29. The van der Waals surface area contributed by atoms with Crippen LogP contribution in [0.2, 0.25) is 0 Å². The summed E-state index contributed by atoms with van der Waals surface area (Å²) in [5.74, 6) is 2.03. The third-order valence-electron chi connectivity index (χ3n) is 2.07. The molecule has 3 nitrogen and oxygen atoms in total. The molecule has 3 heteroatoms. The molecule has 0 bridgehead atoms. The molecule has 0 saturated carbocycles. The molecule has 0 amide bonds. The van der Waals surface area contributed by atoms with Gasteiger partial charge in [0.15, 0.2) is 0 Å². The van der Waals surface area contributed by atoms with Crippen LogP contribution in [0, 0.1) is 6.92 Å². The summed E-state index contributed by atoms with van der Waals surface area (Å²) >= 11 is 0. The van der Waals surface area contributed by atoms with Crippen molar-refractivity contribution in [2.45, 2.75) is 6.92 Å². The molecule has 1 aromatic heterocycles. The number of nitrogen functional groups attached to an aromatic ring is 1. The van der Waals surface area contributed by atoms with E-state index in [4.69, 9.17) is 10.5 Å². The predicted molar refractivity (Wildman–Crippen MR) is 59.9 cm³/mol. The molecule has 76 valence electrons. The van der Waals surface area contributed by atoms with Crippen LogP contribution in [0.5, 0.6) is 11.5 Å². The number of rotatable bonds is 2. The first-order chi connectivity index (χ1) is 7.25. The summed E-state index contributed by atoms with van der Waals surface area (Å²) in [6, 6.07) is 11.5. The summed E-state index contributed by atoms with van der Waals surface area (Å²) in [7, 11) is 0. The van der Waals surface area contributed by atoms with Crippen molar-refractivity contribution in [1.29, 1.82) is 0 Å². The number of anilines is 1. The molecule has 0 aliphatic carbocycles. The second kappa shape index (κ2) is 4.00. The Balaban J connectivity index is 2.22. The zero-order chi connectivity index (χ0) is 10.7. The summed E-state index contributed by atoms with van der Waals surface area (Å²) in [5, 5.41) is 0. The number of para-hydroxylation sites is 1. The van der Waals surface area contributed by atoms with Gasteiger partial charge in [-0.15, -0.1) is 0 Å². The zero-order valence-corrected chi connectivity index (χ0v) is 8.47. The first-order valence-electron chi connectivity index (χ1n) is 4.71. The Kier molecular flexibility index (Phi) is 2.54. The highest BCUT2D eigenvalue weighted by Crippen LogP contribution is 2.22. The fourth-order valence-corrected chi connectivity index (χ4v) is 1.24. The first kappa shape index (κ1) is 9.52. The molecule has 2 aromatic rings. The number of hydrogen-bond acceptors (Lipinski definition) is 3. The van der Waals surface area contributed by atoms with Gasteiger partial charge in [0.2, 0.25) is 0 Å². The standard InChI is InChI=1S/C12H12N2O/c1-9-7-11(8-14-12(9)13)15-10-5-3-2-4-6-10/h2-8H,1H3,(H2,13,14). The third kappa shape index (κ3) is 2.26. The van der Waals surface area contributed by atoms with E-state index in [0.29, 0.717) is 11.6 Å². The van der Waals surface area contributed by atoms with Crippen LogP contribution in [-0.2, 0) is 0 Å². The Hall–Kier alpha value is -2.03. The van der Waals surface area contributed by atoms with Gasteiger partial charge in [-0.2, -0.15) is 0 Å². The lowest BCUT2D eigenvalue weighted by molar-refractivity contribution is 0.480. The van der Waals surface area contributed by atoms with Crippen molar-refractivity contribution in [3.8, 4) is 11.5 Å². The summed E-state index contributed by atoms with van der Waals surface area (Å²) < 4.78 is 5.60. The molecule has 0 radical (unpaired) electrons. The number of benzene rings is 1. The van der Waals surface area contributed by atoms with Gasteiger partial charge in [0.1, 0.15) is 17.3 Å². The lowest BCUT2D eigenvalue weighted by atomic mass is 10.3. The fraction of sp³-hybridized carbons (Fsp3) is 0.0833. The van der Waals surface area contributed by atoms with Gasteiger partial charge in [0, 0.05) is 0 Å². The lowest BCUT2D eigenvalue weighted by Crippen LogP contribution is -1.94. The predicted octanol–water partition coefficient (Wildman–Crippen LogP) is 2.76. The van der Waals surface area contributed by atoms with E-state index < -0.39 is 0 Å². The number of hydrogen-bond donors (Lipinski definition) is 1. The van der Waals surface area contributed by atoms with Crippen molar-refractivity contribution in [1.82, 2.24) is 4.98 Å². The maximum absolute atomic E-state index is 5.62. The van der Waals surface area contributed by atoms with Gasteiger partial charge in [0.05, 0.1) is 6.20 Å². The van der Waals surface area contributed by atoms with Crippen molar-refractivity contribution in [3.63, 3.8) is 0 Å². The SMILES string of the molecule is Cc1cc(Oc2ccccc2)cnc1N. The summed E-state index contributed by atoms with van der Waals surface area (Å²) in [4.78, 5) is 4.03. The van der Waals surface area contributed by atoms with Crippen molar-refractivity contribution < 1.29 is 4.74 Å². The molecule has 0 aliphatic rings. The van der Waals surface area contributed by atoms with E-state index in [1.54, 1.807) is 6.20 Å². The number of nitrogens with zero attached hydrogens (tertiary/aromatic N) is 1. The van der Waals surface area contributed by atoms with E-state index in [-0.39, 0.29) is 0 Å². The van der Waals surface area contributed by atoms with Crippen molar-refractivity contribution in [2.24, 2.45) is 0 Å². The third-order valence-corrected chi connectivity index (χ3v) is 2.07. The number of aryl methyl sites for hydroxylation is 1. The largest absolute Gasteiger partial charge is 0.456 e. The molecule has 0 atom stereocenters. The average molecular weight is 200 g/mol. The van der Waals surface area contributed by atoms with Crippen LogP contribution in [0.3, 0.4) is 0 Å². The van der Waals surface area contributed by atoms with E-state index in [2.05, 4.69) is 4.98 Å². The highest BCUT2D eigenvalue weighted by Gasteiger charge is 1.99. The van der Waals surface area contributed by atoms with Crippen LogP contribution in [-0.4, -0.2) is 4.98 Å². The molecule has 1 heterocycles. The Morgan fingerprint density at radius 1 is 1.13 bits per heavy atom. The first-order valence-corrected chi connectivity index (χ1v) is 4.71. The minimum atomic E-state index is 0.537. The molecule has 1 aromatic carbocycles. The van der Waals surface area contributed by atoms with Gasteiger partial charge in [-0.05, 0) is 30.7 Å². The number of pyridine rings is 1. The quantitative estimate of drug-likeness (QED) is 0.810. The smallest absolute Gasteiger partial charge is 0.146 e. The molecule has 2 N–H and O–H groups in total. The van der Waals surface area contributed by atoms with Crippen LogP contribution in [0.4, 0.5) is 5.82 Å². The van der Waals surface area contributed by atoms with Crippen LogP contribution in [0.15, 0.2) is 42.6 Å². The average Bonchev–Trinajstić information content (AvgIpc) is 2.25. The molecule has 0 saturated heterocycles. The minimum Gasteiger partial charge on any atom is -0.456 e. The number of aromatic nitrogens is 1. The topological polar surface area (TPSA) is 48.1 Å². The van der Waals surface area contributed by atoms with E-state index >= 15 is 0 Å². The van der Waals surface area contributed by atoms with Gasteiger partial charge in [0.25, 0.3) is 0 Å². The van der Waals surface area contributed by atoms with Gasteiger partial charge >= 0.3 is 0 Å². The number of nitrogens with two attached hydrogens (primary N) is 1. The summed E-state index contributed by atoms with van der Waals surface area (Å²) in [5.41, 5.74) is 6.54. The minimum absolute atomic E-state index is 0.537.